The van der Waals surface area contributed by atoms with Crippen LogP contribution < -0.4 is 5.73 Å². The Balaban J connectivity index is 3.00. The van der Waals surface area contributed by atoms with Crippen LogP contribution in [0.5, 0.6) is 0 Å². The molecule has 0 spiro atoms. The third-order valence-electron chi connectivity index (χ3n) is 3.60. The van der Waals surface area contributed by atoms with Crippen molar-refractivity contribution in [1.82, 2.24) is 9.80 Å². The van der Waals surface area contributed by atoms with E-state index in [1.54, 1.807) is 6.07 Å². The van der Waals surface area contributed by atoms with Gasteiger partial charge in [-0.05, 0) is 39.2 Å². The molecule has 5 nitrogen and oxygen atoms in total. The highest BCUT2D eigenvalue weighted by atomic mass is 16.5. The molecule has 2 N–H and O–H groups in total. The molecule has 0 aliphatic carbocycles. The van der Waals surface area contributed by atoms with Gasteiger partial charge in [0, 0.05) is 24.8 Å². The summed E-state index contributed by atoms with van der Waals surface area (Å²) in [4.78, 5) is 16.4. The van der Waals surface area contributed by atoms with Crippen LogP contribution in [0.4, 0.5) is 5.69 Å². The third-order valence-corrected chi connectivity index (χ3v) is 3.60. The normalized spacial score (nSPS) is 12.7. The van der Waals surface area contributed by atoms with Crippen LogP contribution in [0.25, 0.3) is 0 Å². The van der Waals surface area contributed by atoms with Gasteiger partial charge < -0.3 is 15.4 Å². The molecule has 0 saturated heterocycles. The molecule has 1 aromatic rings. The Morgan fingerprint density at radius 3 is 2.57 bits per heavy atom. The van der Waals surface area contributed by atoms with Crippen molar-refractivity contribution in [2.75, 3.05) is 40.0 Å². The number of benzene rings is 1. The van der Waals surface area contributed by atoms with Crippen LogP contribution in [0, 0.1) is 0 Å². The lowest BCUT2D eigenvalue weighted by atomic mass is 10.0. The number of methoxy groups -OCH3 is 1. The van der Waals surface area contributed by atoms with Gasteiger partial charge >= 0.3 is 5.97 Å². The fraction of sp³-hybridized carbons (Fsp3) is 0.562. The molecule has 0 saturated carbocycles. The first-order chi connectivity index (χ1) is 9.90. The monoisotopic (exact) mass is 293 g/mol. The van der Waals surface area contributed by atoms with Gasteiger partial charge in [0.1, 0.15) is 0 Å². The third kappa shape index (κ3) is 4.72. The summed E-state index contributed by atoms with van der Waals surface area (Å²) in [5.74, 6) is -0.376. The number of nitrogens with two attached hydrogens (primary N) is 1. The zero-order valence-electron chi connectivity index (χ0n) is 13.7. The highest BCUT2D eigenvalue weighted by Crippen LogP contribution is 2.20. The molecule has 1 atom stereocenters. The number of rotatable bonds is 7. The molecule has 1 unspecified atom stereocenters. The molecule has 0 radical (unpaired) electrons. The van der Waals surface area contributed by atoms with E-state index in [9.17, 15) is 4.79 Å². The summed E-state index contributed by atoms with van der Waals surface area (Å²) in [6.07, 6.45) is 0. The highest BCUT2D eigenvalue weighted by molar-refractivity contribution is 5.96. The molecule has 118 valence electrons. The summed E-state index contributed by atoms with van der Waals surface area (Å²) < 4.78 is 4.85. The molecule has 0 heterocycles. The lowest BCUT2D eigenvalue weighted by molar-refractivity contribution is 0.0598. The number of anilines is 1. The number of likely N-dealkylation sites (N-methyl/N-ethyl adjacent to an activating group) is 2. The number of hydrogen-bond donors (Lipinski definition) is 1. The van der Waals surface area contributed by atoms with E-state index >= 15 is 0 Å². The van der Waals surface area contributed by atoms with Crippen LogP contribution in [0.2, 0.25) is 0 Å². The molecule has 21 heavy (non-hydrogen) atoms. The van der Waals surface area contributed by atoms with Crippen molar-refractivity contribution in [1.29, 1.82) is 0 Å². The molecular weight excluding hydrogens is 266 g/mol. The van der Waals surface area contributed by atoms with Gasteiger partial charge in [0.2, 0.25) is 0 Å². The highest BCUT2D eigenvalue weighted by Gasteiger charge is 2.19. The van der Waals surface area contributed by atoms with E-state index in [4.69, 9.17) is 10.5 Å². The van der Waals surface area contributed by atoms with Crippen molar-refractivity contribution in [3.63, 3.8) is 0 Å². The number of nitrogens with zero attached hydrogens (tertiary/aromatic N) is 2. The van der Waals surface area contributed by atoms with Gasteiger partial charge in [-0.3, -0.25) is 4.90 Å². The van der Waals surface area contributed by atoms with Gasteiger partial charge in [0.15, 0.2) is 0 Å². The first kappa shape index (κ1) is 17.5. The van der Waals surface area contributed by atoms with E-state index in [0.29, 0.717) is 23.8 Å². The standard InChI is InChI=1S/C16H27N3O2/c1-6-19(12(2)10-18(3)4)11-13-8-7-9-14(17)15(13)16(20)21-5/h7-9,12H,6,10-11,17H2,1-5H3. The fourth-order valence-electron chi connectivity index (χ4n) is 2.54. The molecule has 0 amide bonds. The van der Waals surface area contributed by atoms with Crippen LogP contribution in [-0.4, -0.2) is 56.1 Å². The van der Waals surface area contributed by atoms with Gasteiger partial charge in [-0.1, -0.05) is 19.1 Å². The Bertz CT molecular complexity index is 475. The van der Waals surface area contributed by atoms with Crippen molar-refractivity contribution < 1.29 is 9.53 Å². The molecule has 5 heteroatoms. The number of carbonyl (C=O) groups excluding carboxylic acids is 1. The van der Waals surface area contributed by atoms with E-state index in [1.807, 2.05) is 12.1 Å². The van der Waals surface area contributed by atoms with Gasteiger partial charge in [-0.25, -0.2) is 4.79 Å². The second-order valence-corrected chi connectivity index (χ2v) is 5.55. The first-order valence-corrected chi connectivity index (χ1v) is 7.25. The van der Waals surface area contributed by atoms with E-state index < -0.39 is 0 Å². The van der Waals surface area contributed by atoms with E-state index in [2.05, 4.69) is 37.7 Å². The number of carbonyl (C=O) groups is 1. The summed E-state index contributed by atoms with van der Waals surface area (Å²) >= 11 is 0. The molecule has 0 fully saturated rings. The van der Waals surface area contributed by atoms with Gasteiger partial charge in [-0.15, -0.1) is 0 Å². The smallest absolute Gasteiger partial charge is 0.340 e. The summed E-state index contributed by atoms with van der Waals surface area (Å²) in [5.41, 5.74) is 7.81. The summed E-state index contributed by atoms with van der Waals surface area (Å²) in [5, 5.41) is 0. The predicted molar refractivity (Wildman–Crippen MR) is 86.3 cm³/mol. The predicted octanol–water partition coefficient (Wildman–Crippen LogP) is 1.83. The van der Waals surface area contributed by atoms with Gasteiger partial charge in [0.05, 0.1) is 12.7 Å². The van der Waals surface area contributed by atoms with E-state index in [0.717, 1.165) is 18.7 Å². The number of esters is 1. The van der Waals surface area contributed by atoms with Crippen LogP contribution in [-0.2, 0) is 11.3 Å². The Labute approximate surface area is 127 Å². The minimum Gasteiger partial charge on any atom is -0.465 e. The van der Waals surface area contributed by atoms with Crippen molar-refractivity contribution in [2.24, 2.45) is 0 Å². The molecule has 0 bridgehead atoms. The fourth-order valence-corrected chi connectivity index (χ4v) is 2.54. The second kappa shape index (κ2) is 8.00. The van der Waals surface area contributed by atoms with Crippen molar-refractivity contribution in [3.05, 3.63) is 29.3 Å². The molecule has 1 aromatic carbocycles. The summed E-state index contributed by atoms with van der Waals surface area (Å²) in [6.45, 7) is 6.86. The van der Waals surface area contributed by atoms with Crippen molar-refractivity contribution in [3.8, 4) is 0 Å². The minimum absolute atomic E-state index is 0.376. The van der Waals surface area contributed by atoms with Crippen molar-refractivity contribution in [2.45, 2.75) is 26.4 Å². The number of nitrogen functional groups attached to an aromatic ring is 1. The maximum atomic E-state index is 11.9. The Morgan fingerprint density at radius 1 is 1.38 bits per heavy atom. The SMILES string of the molecule is CCN(Cc1cccc(N)c1C(=O)OC)C(C)CN(C)C. The van der Waals surface area contributed by atoms with Crippen LogP contribution in [0.3, 0.4) is 0 Å². The van der Waals surface area contributed by atoms with Crippen LogP contribution in [0.15, 0.2) is 18.2 Å². The Morgan fingerprint density at radius 2 is 2.05 bits per heavy atom. The maximum Gasteiger partial charge on any atom is 0.340 e. The number of hydrogen-bond acceptors (Lipinski definition) is 5. The first-order valence-electron chi connectivity index (χ1n) is 7.25. The van der Waals surface area contributed by atoms with Gasteiger partial charge in [0.25, 0.3) is 0 Å². The second-order valence-electron chi connectivity index (χ2n) is 5.55. The minimum atomic E-state index is -0.376. The quantitative estimate of drug-likeness (QED) is 0.614. The Kier molecular flexibility index (Phi) is 6.65. The zero-order chi connectivity index (χ0) is 16.0. The van der Waals surface area contributed by atoms with Gasteiger partial charge in [-0.2, -0.15) is 0 Å². The molecule has 0 aromatic heterocycles. The van der Waals surface area contributed by atoms with E-state index in [1.165, 1.54) is 7.11 Å². The Hall–Kier alpha value is -1.59. The maximum absolute atomic E-state index is 11.9. The summed E-state index contributed by atoms with van der Waals surface area (Å²) in [7, 11) is 5.50. The lowest BCUT2D eigenvalue weighted by Crippen LogP contribution is -2.39. The largest absolute Gasteiger partial charge is 0.465 e. The van der Waals surface area contributed by atoms with Crippen LogP contribution >= 0.6 is 0 Å². The van der Waals surface area contributed by atoms with Crippen LogP contribution in [0.1, 0.15) is 29.8 Å². The van der Waals surface area contributed by atoms with E-state index in [-0.39, 0.29) is 5.97 Å². The molecule has 0 aliphatic rings. The lowest BCUT2D eigenvalue weighted by Gasteiger charge is -2.30. The molecular formula is C16H27N3O2. The zero-order valence-corrected chi connectivity index (χ0v) is 13.7. The average Bonchev–Trinajstić information content (AvgIpc) is 2.43. The summed E-state index contributed by atoms with van der Waals surface area (Å²) in [6, 6.07) is 5.93. The average molecular weight is 293 g/mol. The topological polar surface area (TPSA) is 58.8 Å². The van der Waals surface area contributed by atoms with Crippen molar-refractivity contribution >= 4 is 11.7 Å². The number of ether oxygens (including phenoxy) is 1. The molecule has 1 rings (SSSR count). The molecule has 0 aliphatic heterocycles.